The van der Waals surface area contributed by atoms with E-state index in [9.17, 15) is 33.6 Å². The molecule has 0 aliphatic carbocycles. The lowest BCUT2D eigenvalue weighted by Gasteiger charge is -2.16. The number of ether oxygens (including phenoxy) is 1. The summed E-state index contributed by atoms with van der Waals surface area (Å²) in [6.07, 6.45) is 3.03. The number of likely N-dealkylation sites (N-methyl/N-ethyl adjacent to an activating group) is 1. The fourth-order valence-electron chi connectivity index (χ4n) is 2.89. The maximum absolute atomic E-state index is 12.1. The molecule has 0 aromatic heterocycles. The predicted octanol–water partition coefficient (Wildman–Crippen LogP) is 0.00400. The summed E-state index contributed by atoms with van der Waals surface area (Å²) in [5.41, 5.74) is 1.12. The summed E-state index contributed by atoms with van der Waals surface area (Å²) in [6.45, 7) is 0.105. The molecule has 12 nitrogen and oxygen atoms in total. The minimum atomic E-state index is -0.908. The number of allylic oxidation sites excluding steroid dienone is 1. The second kappa shape index (κ2) is 17.2. The quantitative estimate of drug-likeness (QED) is 0.158. The first kappa shape index (κ1) is 30.7. The number of benzene rings is 1. The van der Waals surface area contributed by atoms with Gasteiger partial charge in [0.25, 0.3) is 0 Å². The molecule has 1 unspecified atom stereocenters. The van der Waals surface area contributed by atoms with Crippen LogP contribution in [0.2, 0.25) is 0 Å². The van der Waals surface area contributed by atoms with Gasteiger partial charge in [-0.05, 0) is 30.2 Å². The molecule has 0 saturated heterocycles. The van der Waals surface area contributed by atoms with Crippen LogP contribution in [-0.4, -0.2) is 81.0 Å². The number of amides is 4. The summed E-state index contributed by atoms with van der Waals surface area (Å²) in [7, 11) is 6.39. The lowest BCUT2D eigenvalue weighted by molar-refractivity contribution is -0.128. The molecule has 37 heavy (non-hydrogen) atoms. The molecule has 0 aliphatic rings. The minimum absolute atomic E-state index is 0.00409. The number of rotatable bonds is 16. The monoisotopic (exact) mass is 512 g/mol. The maximum atomic E-state index is 12.1. The first-order valence-electron chi connectivity index (χ1n) is 11.3. The Bertz CT molecular complexity index is 1010. The van der Waals surface area contributed by atoms with Crippen LogP contribution in [0.5, 0.6) is 0 Å². The number of aldehydes is 2. The third-order valence-corrected chi connectivity index (χ3v) is 4.83. The van der Waals surface area contributed by atoms with Crippen LogP contribution in [0.1, 0.15) is 31.2 Å². The molecule has 0 spiro atoms. The number of hydrogen-bond acceptors (Lipinski definition) is 8. The lowest BCUT2D eigenvalue weighted by atomic mass is 10.1. The van der Waals surface area contributed by atoms with E-state index in [2.05, 4.69) is 16.0 Å². The fourth-order valence-corrected chi connectivity index (χ4v) is 2.89. The van der Waals surface area contributed by atoms with Gasteiger partial charge in [-0.15, -0.1) is 0 Å². The Morgan fingerprint density at radius 3 is 2.49 bits per heavy atom. The summed E-state index contributed by atoms with van der Waals surface area (Å²) in [5.74, 6) is -2.57. The zero-order valence-electron chi connectivity index (χ0n) is 20.4. The van der Waals surface area contributed by atoms with Crippen molar-refractivity contribution in [2.24, 2.45) is 0 Å². The van der Waals surface area contributed by atoms with Crippen LogP contribution in [0, 0.1) is 0 Å². The lowest BCUT2D eigenvalue weighted by Crippen LogP contribution is -2.39. The van der Waals surface area contributed by atoms with Crippen molar-refractivity contribution in [3.8, 4) is 0 Å². The third kappa shape index (κ3) is 14.0. The van der Waals surface area contributed by atoms with Gasteiger partial charge in [0.2, 0.25) is 37.3 Å². The van der Waals surface area contributed by atoms with Gasteiger partial charge in [-0.1, -0.05) is 12.1 Å². The molecule has 0 aliphatic heterocycles. The Balaban J connectivity index is 2.31. The van der Waals surface area contributed by atoms with Gasteiger partial charge in [-0.25, -0.2) is 0 Å². The van der Waals surface area contributed by atoms with Crippen molar-refractivity contribution in [3.63, 3.8) is 0 Å². The standard InChI is InChI=1S/C24H29BN4O8/c1-29(23(35)6-3-13-30)12-10-22(34)28-19(15-31)7-8-20(32)26-11-9-21(33)27-18-5-2-4-17(14-18)16-37-24(25)36/h2-6,13-15,19H,7-12,16H2,1H3,(H,26,32)(H,27,33)(H,28,34)/b6-3-. The van der Waals surface area contributed by atoms with Crippen molar-refractivity contribution in [1.82, 2.24) is 15.5 Å². The van der Waals surface area contributed by atoms with Crippen molar-refractivity contribution >= 4 is 55.6 Å². The second-order valence-corrected chi connectivity index (χ2v) is 7.81. The molecular weight excluding hydrogens is 483 g/mol. The van der Waals surface area contributed by atoms with Gasteiger partial charge in [0, 0.05) is 51.2 Å². The summed E-state index contributed by atoms with van der Waals surface area (Å²) < 4.78 is 4.70. The van der Waals surface area contributed by atoms with Gasteiger partial charge >= 0.3 is 0 Å². The van der Waals surface area contributed by atoms with E-state index in [-0.39, 0.29) is 51.3 Å². The van der Waals surface area contributed by atoms with Gasteiger partial charge in [0.1, 0.15) is 19.2 Å². The Morgan fingerprint density at radius 2 is 1.81 bits per heavy atom. The number of carbonyl (C=O) groups excluding carboxylic acids is 7. The smallest absolute Gasteiger partial charge is 0.246 e. The number of nitrogens with zero attached hydrogens (tertiary/aromatic N) is 1. The average molecular weight is 512 g/mol. The number of nitrogens with one attached hydrogen (secondary N) is 3. The van der Waals surface area contributed by atoms with Crippen molar-refractivity contribution in [1.29, 1.82) is 0 Å². The van der Waals surface area contributed by atoms with Gasteiger partial charge in [-0.3, -0.25) is 28.8 Å². The van der Waals surface area contributed by atoms with E-state index in [1.807, 2.05) is 0 Å². The highest BCUT2D eigenvalue weighted by Crippen LogP contribution is 2.12. The molecule has 1 atom stereocenters. The van der Waals surface area contributed by atoms with E-state index < -0.39 is 29.6 Å². The van der Waals surface area contributed by atoms with Crippen molar-refractivity contribution < 1.29 is 38.3 Å². The van der Waals surface area contributed by atoms with Crippen LogP contribution in [-0.2, 0) is 40.1 Å². The van der Waals surface area contributed by atoms with Crippen molar-refractivity contribution in [2.45, 2.75) is 38.3 Å². The van der Waals surface area contributed by atoms with E-state index in [0.717, 1.165) is 12.2 Å². The van der Waals surface area contributed by atoms with Gasteiger partial charge < -0.3 is 30.4 Å². The normalized spacial score (nSPS) is 11.2. The third-order valence-electron chi connectivity index (χ3n) is 4.83. The van der Waals surface area contributed by atoms with Crippen LogP contribution < -0.4 is 16.0 Å². The molecule has 4 amide bonds. The van der Waals surface area contributed by atoms with E-state index in [1.165, 1.54) is 11.9 Å². The second-order valence-electron chi connectivity index (χ2n) is 7.81. The zero-order chi connectivity index (χ0) is 27.6. The molecule has 1 aromatic rings. The molecule has 0 fully saturated rings. The largest absolute Gasteiger partial charge is 0.470 e. The van der Waals surface area contributed by atoms with Gasteiger partial charge in [-0.2, -0.15) is 0 Å². The first-order valence-corrected chi connectivity index (χ1v) is 11.3. The molecular formula is C24H29BN4O8. The fraction of sp³-hybridized carbons (Fsp3) is 0.375. The number of carbonyl (C=O) groups is 7. The molecule has 0 saturated carbocycles. The van der Waals surface area contributed by atoms with Crippen LogP contribution >= 0.6 is 0 Å². The average Bonchev–Trinajstić information content (AvgIpc) is 2.87. The maximum Gasteiger partial charge on any atom is 0.246 e. The van der Waals surface area contributed by atoms with Crippen LogP contribution in [0.4, 0.5) is 10.5 Å². The predicted molar refractivity (Wildman–Crippen MR) is 133 cm³/mol. The van der Waals surface area contributed by atoms with Crippen molar-refractivity contribution in [2.75, 3.05) is 25.5 Å². The molecule has 3 N–H and O–H groups in total. The molecule has 0 bridgehead atoms. The SMILES string of the molecule is [B]C(=O)OCc1cccc(NC(=O)CCNC(=O)CCC(C=O)NC(=O)CCN(C)C(=O)/C=C\C=O)c1. The molecule has 1 rings (SSSR count). The Kier molecular flexibility index (Phi) is 14.3. The topological polar surface area (TPSA) is 168 Å². The van der Waals surface area contributed by atoms with E-state index in [4.69, 9.17) is 12.6 Å². The highest BCUT2D eigenvalue weighted by molar-refractivity contribution is 6.55. The zero-order valence-corrected chi connectivity index (χ0v) is 20.4. The molecule has 0 heterocycles. The summed E-state index contributed by atoms with van der Waals surface area (Å²) >= 11 is 0. The minimum Gasteiger partial charge on any atom is -0.470 e. The summed E-state index contributed by atoms with van der Waals surface area (Å²) in [5, 5.41) is 7.72. The van der Waals surface area contributed by atoms with Crippen LogP contribution in [0.25, 0.3) is 0 Å². The van der Waals surface area contributed by atoms with Gasteiger partial charge in [0.15, 0.2) is 0 Å². The van der Waals surface area contributed by atoms with E-state index in [1.54, 1.807) is 24.3 Å². The Hall–Kier alpha value is -4.29. The van der Waals surface area contributed by atoms with Gasteiger partial charge in [0.05, 0.1) is 6.04 Å². The van der Waals surface area contributed by atoms with Crippen molar-refractivity contribution in [3.05, 3.63) is 42.0 Å². The summed E-state index contributed by atoms with van der Waals surface area (Å²) in [6, 6.07) is 5.75. The summed E-state index contributed by atoms with van der Waals surface area (Å²) in [4.78, 5) is 81.3. The van der Waals surface area contributed by atoms with Crippen LogP contribution in [0.3, 0.4) is 0 Å². The first-order chi connectivity index (χ1) is 17.6. The molecule has 1 aromatic carbocycles. The van der Waals surface area contributed by atoms with Crippen LogP contribution in [0.15, 0.2) is 36.4 Å². The van der Waals surface area contributed by atoms with E-state index in [0.29, 0.717) is 23.8 Å². The molecule has 196 valence electrons. The highest BCUT2D eigenvalue weighted by Gasteiger charge is 2.15. The van der Waals surface area contributed by atoms with E-state index >= 15 is 0 Å². The number of hydrogen-bond donors (Lipinski definition) is 3. The molecule has 2 radical (unpaired) electrons. The highest BCUT2D eigenvalue weighted by atomic mass is 16.5. The Morgan fingerprint density at radius 1 is 1.05 bits per heavy atom. The number of anilines is 1. The molecule has 13 heteroatoms. The Labute approximate surface area is 215 Å².